The van der Waals surface area contributed by atoms with Crippen molar-refractivity contribution in [2.75, 3.05) is 13.2 Å². The molecule has 0 aromatic heterocycles. The van der Waals surface area contributed by atoms with Crippen LogP contribution in [0.1, 0.15) is 335 Å². The third-order valence-electron chi connectivity index (χ3n) is 15.1. The highest BCUT2D eigenvalue weighted by atomic mass is 16.6. The van der Waals surface area contributed by atoms with Crippen LogP contribution in [0.15, 0.2) is 109 Å². The van der Waals surface area contributed by atoms with Crippen LogP contribution in [-0.4, -0.2) is 36.4 Å². The Balaban J connectivity index is 3.42. The van der Waals surface area contributed by atoms with Crippen LogP contribution in [0.3, 0.4) is 0 Å². The molecule has 0 amide bonds. The summed E-state index contributed by atoms with van der Waals surface area (Å²) in [4.78, 5) is 24.6. The number of esters is 2. The maximum absolute atomic E-state index is 12.4. The molecule has 0 fully saturated rings. The number of carbonyl (C=O) groups is 2. The number of allylic oxidation sites excluding steroid dienone is 18. The summed E-state index contributed by atoms with van der Waals surface area (Å²) in [5, 5.41) is 9.70. The summed E-state index contributed by atoms with van der Waals surface area (Å²) >= 11 is 0. The summed E-state index contributed by atoms with van der Waals surface area (Å²) in [6.45, 7) is 3.94. The highest BCUT2D eigenvalue weighted by Gasteiger charge is 2.16. The van der Waals surface area contributed by atoms with Crippen LogP contribution in [0.4, 0.5) is 0 Å². The van der Waals surface area contributed by atoms with Crippen molar-refractivity contribution in [1.82, 2.24) is 0 Å². The van der Waals surface area contributed by atoms with E-state index >= 15 is 0 Å². The van der Waals surface area contributed by atoms with Crippen molar-refractivity contribution in [1.29, 1.82) is 0 Å². The van der Waals surface area contributed by atoms with Gasteiger partial charge in [0.15, 0.2) is 6.10 Å². The molecule has 1 atom stereocenters. The number of rotatable bonds is 63. The van der Waals surface area contributed by atoms with Gasteiger partial charge in [-0.25, -0.2) is 0 Å². The van der Waals surface area contributed by atoms with Crippen molar-refractivity contribution in [3.8, 4) is 0 Å². The fraction of sp³-hybridized carbons (Fsp3) is 0.733. The molecule has 5 heteroatoms. The molecule has 0 aliphatic carbocycles. The normalized spacial score (nSPS) is 12.9. The van der Waals surface area contributed by atoms with Crippen LogP contribution in [0.2, 0.25) is 0 Å². The summed E-state index contributed by atoms with van der Waals surface area (Å²) in [5.41, 5.74) is 0. The van der Waals surface area contributed by atoms with E-state index in [0.717, 1.165) is 96.3 Å². The number of ether oxygens (including phenoxy) is 2. The SMILES string of the molecule is CC/C=C\C/C=C\C/C=C\C/C=C\C/C=C\CCCCCCCCCCCCCC(=O)OC(CO)COC(=O)CCCCCCCCCCCCCCCCCCCCCCCCCCCC/C=C\C/C=C\C/C=C\C/C=C\CC. The Morgan fingerprint density at radius 3 is 0.750 bits per heavy atom. The zero-order valence-electron chi connectivity index (χ0n) is 52.8. The molecule has 1 unspecified atom stereocenters. The van der Waals surface area contributed by atoms with Crippen LogP contribution in [-0.2, 0) is 19.1 Å². The average molecular weight is 1110 g/mol. The molecule has 0 saturated heterocycles. The molecule has 0 bridgehead atoms. The number of aliphatic hydroxyl groups is 1. The molecule has 5 nitrogen and oxygen atoms in total. The number of unbranched alkanes of at least 4 members (excludes halogenated alkanes) is 37. The summed E-state index contributed by atoms with van der Waals surface area (Å²) in [6.07, 6.45) is 101. The molecule has 1 N–H and O–H groups in total. The van der Waals surface area contributed by atoms with Gasteiger partial charge in [-0.1, -0.05) is 335 Å². The summed E-state index contributed by atoms with van der Waals surface area (Å²) in [7, 11) is 0. The van der Waals surface area contributed by atoms with Crippen molar-refractivity contribution >= 4 is 11.9 Å². The predicted molar refractivity (Wildman–Crippen MR) is 352 cm³/mol. The molecule has 0 aromatic carbocycles. The van der Waals surface area contributed by atoms with Crippen molar-refractivity contribution in [2.45, 2.75) is 341 Å². The lowest BCUT2D eigenvalue weighted by molar-refractivity contribution is -0.161. The third kappa shape index (κ3) is 67.1. The molecule has 0 saturated carbocycles. The third-order valence-corrected chi connectivity index (χ3v) is 15.1. The Kier molecular flexibility index (Phi) is 66.8. The first-order chi connectivity index (χ1) is 39.6. The minimum absolute atomic E-state index is 0.0674. The fourth-order valence-corrected chi connectivity index (χ4v) is 9.99. The minimum Gasteiger partial charge on any atom is -0.462 e. The molecule has 0 rings (SSSR count). The van der Waals surface area contributed by atoms with Gasteiger partial charge in [0.1, 0.15) is 6.61 Å². The Labute approximate surface area is 497 Å². The second kappa shape index (κ2) is 69.8. The first-order valence-corrected chi connectivity index (χ1v) is 34.4. The molecule has 0 spiro atoms. The van der Waals surface area contributed by atoms with Crippen LogP contribution in [0.5, 0.6) is 0 Å². The molecule has 0 radical (unpaired) electrons. The lowest BCUT2D eigenvalue weighted by Crippen LogP contribution is -2.28. The predicted octanol–water partition coefficient (Wildman–Crippen LogP) is 24.0. The van der Waals surface area contributed by atoms with E-state index in [0.29, 0.717) is 12.8 Å². The number of carbonyl (C=O) groups excluding carboxylic acids is 2. The lowest BCUT2D eigenvalue weighted by Gasteiger charge is -2.15. The lowest BCUT2D eigenvalue weighted by atomic mass is 10.0. The van der Waals surface area contributed by atoms with Gasteiger partial charge in [0.25, 0.3) is 0 Å². The second-order valence-corrected chi connectivity index (χ2v) is 22.8. The number of aliphatic hydroxyl groups excluding tert-OH is 1. The zero-order chi connectivity index (χ0) is 57.6. The summed E-state index contributed by atoms with van der Waals surface area (Å²) in [5.74, 6) is -0.583. The average Bonchev–Trinajstić information content (AvgIpc) is 3.46. The Morgan fingerprint density at radius 2 is 0.500 bits per heavy atom. The highest BCUT2D eigenvalue weighted by molar-refractivity contribution is 5.70. The first kappa shape index (κ1) is 76.6. The fourth-order valence-electron chi connectivity index (χ4n) is 9.99. The highest BCUT2D eigenvalue weighted by Crippen LogP contribution is 2.18. The Hall–Kier alpha value is -3.44. The minimum atomic E-state index is -0.779. The van der Waals surface area contributed by atoms with Gasteiger partial charge in [-0.3, -0.25) is 9.59 Å². The van der Waals surface area contributed by atoms with Crippen LogP contribution < -0.4 is 0 Å². The van der Waals surface area contributed by atoms with Gasteiger partial charge in [0.05, 0.1) is 6.61 Å². The largest absolute Gasteiger partial charge is 0.462 e. The molecule has 0 aromatic rings. The monoisotopic (exact) mass is 1110 g/mol. The molecular weight excluding hydrogens is 981 g/mol. The first-order valence-electron chi connectivity index (χ1n) is 34.4. The maximum atomic E-state index is 12.4. The van der Waals surface area contributed by atoms with Gasteiger partial charge in [-0.05, 0) is 96.3 Å². The van der Waals surface area contributed by atoms with Crippen molar-refractivity contribution < 1.29 is 24.2 Å². The Morgan fingerprint density at radius 1 is 0.287 bits per heavy atom. The van der Waals surface area contributed by atoms with Crippen molar-refractivity contribution in [3.05, 3.63) is 109 Å². The van der Waals surface area contributed by atoms with E-state index in [2.05, 4.69) is 123 Å². The van der Waals surface area contributed by atoms with E-state index in [1.807, 2.05) is 0 Å². The van der Waals surface area contributed by atoms with E-state index in [1.165, 1.54) is 212 Å². The zero-order valence-corrected chi connectivity index (χ0v) is 52.8. The molecular formula is C75H130O5. The van der Waals surface area contributed by atoms with Crippen LogP contribution >= 0.6 is 0 Å². The number of hydrogen-bond donors (Lipinski definition) is 1. The number of hydrogen-bond acceptors (Lipinski definition) is 5. The van der Waals surface area contributed by atoms with Crippen molar-refractivity contribution in [2.24, 2.45) is 0 Å². The van der Waals surface area contributed by atoms with Crippen molar-refractivity contribution in [3.63, 3.8) is 0 Å². The van der Waals surface area contributed by atoms with E-state index < -0.39 is 6.10 Å². The smallest absolute Gasteiger partial charge is 0.306 e. The van der Waals surface area contributed by atoms with Gasteiger partial charge in [0, 0.05) is 12.8 Å². The van der Waals surface area contributed by atoms with Crippen LogP contribution in [0, 0.1) is 0 Å². The quantitative estimate of drug-likeness (QED) is 0.0373. The van der Waals surface area contributed by atoms with Gasteiger partial charge < -0.3 is 14.6 Å². The summed E-state index contributed by atoms with van der Waals surface area (Å²) in [6, 6.07) is 0. The maximum Gasteiger partial charge on any atom is 0.306 e. The Bertz CT molecular complexity index is 1540. The van der Waals surface area contributed by atoms with Gasteiger partial charge in [0.2, 0.25) is 0 Å². The second-order valence-electron chi connectivity index (χ2n) is 22.8. The molecule has 80 heavy (non-hydrogen) atoms. The topological polar surface area (TPSA) is 72.8 Å². The van der Waals surface area contributed by atoms with Crippen LogP contribution in [0.25, 0.3) is 0 Å². The standard InChI is InChI=1S/C75H130O5/c1-3-5-7-9-11-13-15-17-19-21-23-25-27-29-31-32-33-34-35-36-37-38-39-40-41-42-44-45-47-49-51-53-55-57-59-61-63-65-67-69-74(77)79-72-73(71-76)80-75(78)70-68-66-64-62-60-58-56-54-52-50-48-46-43-30-28-26-24-22-20-18-16-14-12-10-8-6-4-2/h5-8,11-14,17-20,23-26,30,43,73,76H,3-4,9-10,15-16,21-22,27-29,31-42,44-72H2,1-2H3/b7-5-,8-6-,13-11-,14-12-,19-17-,20-18-,25-23-,26-24-,43-30-. The van der Waals surface area contributed by atoms with Gasteiger partial charge >= 0.3 is 11.9 Å². The van der Waals surface area contributed by atoms with E-state index in [-0.39, 0.29) is 25.2 Å². The molecule has 0 aliphatic heterocycles. The summed E-state index contributed by atoms with van der Waals surface area (Å²) < 4.78 is 10.8. The molecule has 0 aliphatic rings. The van der Waals surface area contributed by atoms with E-state index in [9.17, 15) is 14.7 Å². The molecule has 0 heterocycles. The van der Waals surface area contributed by atoms with E-state index in [1.54, 1.807) is 0 Å². The molecule has 460 valence electrons. The van der Waals surface area contributed by atoms with E-state index in [4.69, 9.17) is 9.47 Å². The van der Waals surface area contributed by atoms with Gasteiger partial charge in [-0.15, -0.1) is 0 Å². The van der Waals surface area contributed by atoms with Gasteiger partial charge in [-0.2, -0.15) is 0 Å².